The van der Waals surface area contributed by atoms with Gasteiger partial charge in [0.15, 0.2) is 0 Å². The molecule has 2 heterocycles. The minimum absolute atomic E-state index is 0.0587. The number of hydrogen-bond donors (Lipinski definition) is 0. The molecule has 2 saturated heterocycles. The van der Waals surface area contributed by atoms with E-state index in [0.29, 0.717) is 32.8 Å². The molecule has 0 N–H and O–H groups in total. The fourth-order valence-electron chi connectivity index (χ4n) is 4.62. The lowest BCUT2D eigenvalue weighted by molar-refractivity contribution is -0.130. The Labute approximate surface area is 151 Å². The molecule has 25 heavy (non-hydrogen) atoms. The second-order valence-electron chi connectivity index (χ2n) is 7.84. The van der Waals surface area contributed by atoms with Crippen molar-refractivity contribution in [2.75, 3.05) is 46.2 Å². The number of likely N-dealkylation sites (tertiary alicyclic amines) is 1. The first-order valence-corrected chi connectivity index (χ1v) is 11.1. The number of carbonyl (C=O) groups is 1. The van der Waals surface area contributed by atoms with Crippen LogP contribution in [0.4, 0.5) is 0 Å². The van der Waals surface area contributed by atoms with Gasteiger partial charge in [-0.15, -0.1) is 0 Å². The Morgan fingerprint density at radius 2 is 2.04 bits per heavy atom. The summed E-state index contributed by atoms with van der Waals surface area (Å²) in [6, 6.07) is 0. The summed E-state index contributed by atoms with van der Waals surface area (Å²) in [6.45, 7) is 3.10. The molecule has 1 aliphatic carbocycles. The van der Waals surface area contributed by atoms with E-state index in [1.165, 1.54) is 12.7 Å². The molecule has 0 aromatic carbocycles. The summed E-state index contributed by atoms with van der Waals surface area (Å²) < 4.78 is 31.0. The number of nitrogens with zero attached hydrogens (tertiary/aromatic N) is 2. The molecular weight excluding hydrogens is 340 g/mol. The number of amides is 1. The minimum Gasteiger partial charge on any atom is -0.384 e. The summed E-state index contributed by atoms with van der Waals surface area (Å²) in [4.78, 5) is 14.7. The summed E-state index contributed by atoms with van der Waals surface area (Å²) >= 11 is 0. The van der Waals surface area contributed by atoms with Crippen LogP contribution in [0.25, 0.3) is 0 Å². The average Bonchev–Trinajstić information content (AvgIpc) is 2.95. The summed E-state index contributed by atoms with van der Waals surface area (Å²) in [5.41, 5.74) is 0.913. The van der Waals surface area contributed by atoms with Gasteiger partial charge in [-0.3, -0.25) is 4.79 Å². The molecule has 1 atom stereocenters. The van der Waals surface area contributed by atoms with Crippen LogP contribution < -0.4 is 0 Å². The number of methoxy groups -OCH3 is 1. The topological polar surface area (TPSA) is 66.9 Å². The molecule has 0 unspecified atom stereocenters. The number of carbonyl (C=O) groups excluding carboxylic acids is 1. The first kappa shape index (κ1) is 18.9. The monoisotopic (exact) mass is 370 g/mol. The highest BCUT2D eigenvalue weighted by Gasteiger charge is 2.50. The summed E-state index contributed by atoms with van der Waals surface area (Å²) in [6.07, 6.45) is 9.29. The molecule has 0 aromatic rings. The maximum absolute atomic E-state index is 12.7. The van der Waals surface area contributed by atoms with Crippen molar-refractivity contribution >= 4 is 15.9 Å². The van der Waals surface area contributed by atoms with E-state index in [2.05, 4.69) is 6.08 Å². The van der Waals surface area contributed by atoms with E-state index in [1.54, 1.807) is 11.4 Å². The van der Waals surface area contributed by atoms with Crippen LogP contribution in [0.15, 0.2) is 11.6 Å². The molecule has 0 aromatic heterocycles. The third-order valence-electron chi connectivity index (χ3n) is 6.23. The fourth-order valence-corrected chi connectivity index (χ4v) is 5.57. The first-order valence-electron chi connectivity index (χ1n) is 9.28. The molecule has 1 spiro atoms. The Kier molecular flexibility index (Phi) is 5.56. The van der Waals surface area contributed by atoms with Crippen molar-refractivity contribution in [3.05, 3.63) is 11.6 Å². The Balaban J connectivity index is 1.68. The molecule has 3 aliphatic rings. The lowest BCUT2D eigenvalue weighted by atomic mass is 9.71. The third-order valence-corrected chi connectivity index (χ3v) is 7.45. The van der Waals surface area contributed by atoms with E-state index in [9.17, 15) is 13.2 Å². The maximum atomic E-state index is 12.7. The van der Waals surface area contributed by atoms with Gasteiger partial charge < -0.3 is 9.64 Å². The molecule has 2 fully saturated rings. The molecule has 2 aliphatic heterocycles. The van der Waals surface area contributed by atoms with Gasteiger partial charge in [-0.1, -0.05) is 6.08 Å². The van der Waals surface area contributed by atoms with Gasteiger partial charge in [0.2, 0.25) is 15.9 Å². The molecule has 1 amide bonds. The Morgan fingerprint density at radius 3 is 2.60 bits per heavy atom. The quantitative estimate of drug-likeness (QED) is 0.754. The summed E-state index contributed by atoms with van der Waals surface area (Å²) in [5, 5.41) is 0. The van der Waals surface area contributed by atoms with Crippen LogP contribution in [-0.4, -0.2) is 69.7 Å². The first-order chi connectivity index (χ1) is 11.9. The number of hydrogen-bond acceptors (Lipinski definition) is 4. The normalized spacial score (nSPS) is 27.5. The number of sulfonamides is 1. The number of piperidine rings is 1. The van der Waals surface area contributed by atoms with Gasteiger partial charge in [0.05, 0.1) is 12.9 Å². The maximum Gasteiger partial charge on any atom is 0.249 e. The zero-order chi connectivity index (χ0) is 18.1. The number of allylic oxidation sites excluding steroid dienone is 1. The number of rotatable bonds is 4. The van der Waals surface area contributed by atoms with E-state index in [4.69, 9.17) is 4.74 Å². The van der Waals surface area contributed by atoms with Gasteiger partial charge >= 0.3 is 0 Å². The van der Waals surface area contributed by atoms with Crippen LogP contribution in [0.1, 0.15) is 38.5 Å². The van der Waals surface area contributed by atoms with Gasteiger partial charge in [-0.05, 0) is 43.9 Å². The molecule has 7 heteroatoms. The molecule has 0 bridgehead atoms. The molecule has 0 radical (unpaired) electrons. The summed E-state index contributed by atoms with van der Waals surface area (Å²) in [5.74, 6) is 0.397. The fraction of sp³-hybridized carbons (Fsp3) is 0.833. The van der Waals surface area contributed by atoms with Crippen LogP contribution in [0.3, 0.4) is 0 Å². The molecule has 142 valence electrons. The Hall–Kier alpha value is -0.920. The van der Waals surface area contributed by atoms with Gasteiger partial charge in [0, 0.05) is 44.8 Å². The highest BCUT2D eigenvalue weighted by Crippen LogP contribution is 2.45. The van der Waals surface area contributed by atoms with Crippen LogP contribution >= 0.6 is 0 Å². The smallest absolute Gasteiger partial charge is 0.249 e. The Morgan fingerprint density at radius 1 is 1.32 bits per heavy atom. The van der Waals surface area contributed by atoms with Gasteiger partial charge in [-0.25, -0.2) is 12.7 Å². The van der Waals surface area contributed by atoms with E-state index in [0.717, 1.165) is 37.7 Å². The zero-order valence-electron chi connectivity index (χ0n) is 15.4. The van der Waals surface area contributed by atoms with E-state index >= 15 is 0 Å². The highest BCUT2D eigenvalue weighted by atomic mass is 32.2. The molecular formula is C18H30N2O4S. The van der Waals surface area contributed by atoms with Crippen molar-refractivity contribution in [3.8, 4) is 0 Å². The van der Waals surface area contributed by atoms with Crippen molar-refractivity contribution in [1.29, 1.82) is 0 Å². The van der Waals surface area contributed by atoms with Crippen molar-refractivity contribution in [1.82, 2.24) is 9.21 Å². The van der Waals surface area contributed by atoms with Crippen molar-refractivity contribution in [2.24, 2.45) is 11.3 Å². The molecule has 6 nitrogen and oxygen atoms in total. The number of ether oxygens (including phenoxy) is 1. The predicted octanol–water partition coefficient (Wildman–Crippen LogP) is 1.63. The van der Waals surface area contributed by atoms with Gasteiger partial charge in [0.25, 0.3) is 0 Å². The predicted molar refractivity (Wildman–Crippen MR) is 96.6 cm³/mol. The lowest BCUT2D eigenvalue weighted by Crippen LogP contribution is -2.47. The second kappa shape index (κ2) is 7.37. The SMILES string of the molecule is COC[C@H]1CN(S(C)(=O)=O)CC12CCN(C(=O)C1=CCCCC1)CC2. The zero-order valence-corrected chi connectivity index (χ0v) is 16.2. The minimum atomic E-state index is -3.19. The van der Waals surface area contributed by atoms with Crippen LogP contribution in [-0.2, 0) is 19.6 Å². The van der Waals surface area contributed by atoms with E-state index in [1.807, 2.05) is 4.90 Å². The average molecular weight is 371 g/mol. The van der Waals surface area contributed by atoms with E-state index < -0.39 is 10.0 Å². The lowest BCUT2D eigenvalue weighted by Gasteiger charge is -2.42. The van der Waals surface area contributed by atoms with Crippen LogP contribution in [0.2, 0.25) is 0 Å². The van der Waals surface area contributed by atoms with Gasteiger partial charge in [0.1, 0.15) is 0 Å². The highest BCUT2D eigenvalue weighted by molar-refractivity contribution is 7.88. The van der Waals surface area contributed by atoms with Crippen molar-refractivity contribution in [2.45, 2.75) is 38.5 Å². The second-order valence-corrected chi connectivity index (χ2v) is 9.82. The van der Waals surface area contributed by atoms with Crippen LogP contribution in [0, 0.1) is 11.3 Å². The third kappa shape index (κ3) is 3.93. The molecule has 0 saturated carbocycles. The van der Waals surface area contributed by atoms with Crippen LogP contribution in [0.5, 0.6) is 0 Å². The van der Waals surface area contributed by atoms with Crippen molar-refractivity contribution < 1.29 is 17.9 Å². The summed E-state index contributed by atoms with van der Waals surface area (Å²) in [7, 11) is -1.52. The molecule has 3 rings (SSSR count). The largest absolute Gasteiger partial charge is 0.384 e. The van der Waals surface area contributed by atoms with E-state index in [-0.39, 0.29) is 17.2 Å². The van der Waals surface area contributed by atoms with Crippen molar-refractivity contribution in [3.63, 3.8) is 0 Å². The standard InChI is InChI=1S/C18H30N2O4S/c1-24-13-16-12-20(25(2,22)23)14-18(16)8-10-19(11-9-18)17(21)15-6-4-3-5-7-15/h6,16H,3-5,7-14H2,1-2H3/t16-/m1/s1. The van der Waals surface area contributed by atoms with Gasteiger partial charge in [-0.2, -0.15) is 0 Å². The Bertz CT molecular complexity index is 635.